The second kappa shape index (κ2) is 5.85. The largest absolute Gasteiger partial charge is 0.288 e. The zero-order valence-electron chi connectivity index (χ0n) is 12.6. The lowest BCUT2D eigenvalue weighted by molar-refractivity contribution is 0.0953. The molecular formula is C18H17N3O. The molecule has 0 saturated heterocycles. The molecule has 4 heteroatoms. The van der Waals surface area contributed by atoms with E-state index in [1.165, 1.54) is 0 Å². The number of hydrogen-bond donors (Lipinski definition) is 1. The number of aromatic nitrogens is 1. The number of nitrogens with zero attached hydrogens (tertiary/aromatic N) is 2. The molecule has 0 saturated carbocycles. The molecular weight excluding hydrogens is 274 g/mol. The van der Waals surface area contributed by atoms with Crippen molar-refractivity contribution in [3.8, 4) is 0 Å². The highest BCUT2D eigenvalue weighted by molar-refractivity contribution is 6.06. The Morgan fingerprint density at radius 3 is 2.50 bits per heavy atom. The lowest BCUT2D eigenvalue weighted by Gasteiger charge is -2.20. The van der Waals surface area contributed by atoms with Gasteiger partial charge in [-0.2, -0.15) is 0 Å². The molecule has 1 amide bonds. The highest BCUT2D eigenvalue weighted by Crippen LogP contribution is 2.18. The SMILES string of the molecule is Cc1cc(C(=O)NN(C)c2ccccc2)c2ccccc2n1. The Morgan fingerprint density at radius 1 is 1.05 bits per heavy atom. The molecule has 0 aliphatic rings. The Morgan fingerprint density at radius 2 is 1.73 bits per heavy atom. The Balaban J connectivity index is 1.93. The van der Waals surface area contributed by atoms with Crippen LogP contribution in [0.4, 0.5) is 5.69 Å². The van der Waals surface area contributed by atoms with Crippen molar-refractivity contribution in [1.29, 1.82) is 0 Å². The van der Waals surface area contributed by atoms with E-state index < -0.39 is 0 Å². The maximum Gasteiger partial charge on any atom is 0.270 e. The summed E-state index contributed by atoms with van der Waals surface area (Å²) in [5.41, 5.74) is 6.10. The quantitative estimate of drug-likeness (QED) is 0.753. The summed E-state index contributed by atoms with van der Waals surface area (Å²) in [7, 11) is 1.82. The first-order valence-electron chi connectivity index (χ1n) is 7.11. The third-order valence-corrected chi connectivity index (χ3v) is 3.50. The van der Waals surface area contributed by atoms with Crippen molar-refractivity contribution in [2.24, 2.45) is 0 Å². The van der Waals surface area contributed by atoms with Crippen LogP contribution in [-0.2, 0) is 0 Å². The highest BCUT2D eigenvalue weighted by Gasteiger charge is 2.13. The fourth-order valence-electron chi connectivity index (χ4n) is 2.42. The number of pyridine rings is 1. The molecule has 0 aliphatic heterocycles. The van der Waals surface area contributed by atoms with Crippen molar-refractivity contribution in [3.05, 3.63) is 71.9 Å². The van der Waals surface area contributed by atoms with Gasteiger partial charge in [-0.3, -0.25) is 20.2 Å². The van der Waals surface area contributed by atoms with E-state index in [-0.39, 0.29) is 5.91 Å². The molecule has 0 spiro atoms. The van der Waals surface area contributed by atoms with E-state index in [0.29, 0.717) is 5.56 Å². The molecule has 0 unspecified atom stereocenters. The molecule has 0 aliphatic carbocycles. The number of amides is 1. The minimum atomic E-state index is -0.145. The molecule has 4 nitrogen and oxygen atoms in total. The number of carbonyl (C=O) groups excluding carboxylic acids is 1. The van der Waals surface area contributed by atoms with Gasteiger partial charge in [-0.05, 0) is 31.2 Å². The van der Waals surface area contributed by atoms with Crippen LogP contribution in [0.25, 0.3) is 10.9 Å². The van der Waals surface area contributed by atoms with Crippen LogP contribution < -0.4 is 10.4 Å². The van der Waals surface area contributed by atoms with E-state index in [4.69, 9.17) is 0 Å². The number of rotatable bonds is 3. The van der Waals surface area contributed by atoms with Crippen molar-refractivity contribution >= 4 is 22.5 Å². The molecule has 0 fully saturated rings. The summed E-state index contributed by atoms with van der Waals surface area (Å²) < 4.78 is 0. The van der Waals surface area contributed by atoms with Gasteiger partial charge in [0.25, 0.3) is 5.91 Å². The molecule has 1 aromatic heterocycles. The molecule has 3 rings (SSSR count). The summed E-state index contributed by atoms with van der Waals surface area (Å²) in [6.45, 7) is 1.89. The minimum absolute atomic E-state index is 0.145. The van der Waals surface area contributed by atoms with E-state index >= 15 is 0 Å². The lowest BCUT2D eigenvalue weighted by atomic mass is 10.1. The first-order chi connectivity index (χ1) is 10.6. The van der Waals surface area contributed by atoms with E-state index in [1.54, 1.807) is 5.01 Å². The smallest absolute Gasteiger partial charge is 0.270 e. The Labute approximate surface area is 129 Å². The van der Waals surface area contributed by atoms with Crippen LogP contribution in [0.5, 0.6) is 0 Å². The predicted octanol–water partition coefficient (Wildman–Crippen LogP) is 3.32. The number of anilines is 1. The summed E-state index contributed by atoms with van der Waals surface area (Å²) in [6.07, 6.45) is 0. The van der Waals surface area contributed by atoms with Crippen LogP contribution in [0.15, 0.2) is 60.7 Å². The fraction of sp³-hybridized carbons (Fsp3) is 0.111. The second-order valence-electron chi connectivity index (χ2n) is 5.16. The van der Waals surface area contributed by atoms with Gasteiger partial charge in [-0.1, -0.05) is 36.4 Å². The number of para-hydroxylation sites is 2. The van der Waals surface area contributed by atoms with Crippen LogP contribution in [0.3, 0.4) is 0 Å². The number of fused-ring (bicyclic) bond motifs is 1. The fourth-order valence-corrected chi connectivity index (χ4v) is 2.42. The summed E-state index contributed by atoms with van der Waals surface area (Å²) >= 11 is 0. The Kier molecular flexibility index (Phi) is 3.74. The summed E-state index contributed by atoms with van der Waals surface area (Å²) in [5.74, 6) is -0.145. The number of hydrogen-bond acceptors (Lipinski definition) is 3. The van der Waals surface area contributed by atoms with E-state index in [2.05, 4.69) is 10.4 Å². The lowest BCUT2D eigenvalue weighted by Crippen LogP contribution is -2.39. The third-order valence-electron chi connectivity index (χ3n) is 3.50. The number of benzene rings is 2. The average molecular weight is 291 g/mol. The third kappa shape index (κ3) is 2.76. The van der Waals surface area contributed by atoms with Crippen molar-refractivity contribution in [2.45, 2.75) is 6.92 Å². The summed E-state index contributed by atoms with van der Waals surface area (Å²) in [5, 5.41) is 2.57. The standard InChI is InChI=1S/C18H17N3O/c1-13-12-16(15-10-6-7-11-17(15)19-13)18(22)20-21(2)14-8-4-3-5-9-14/h3-12H,1-2H3,(H,20,22). The molecule has 1 N–H and O–H groups in total. The van der Waals surface area contributed by atoms with Gasteiger partial charge in [0.15, 0.2) is 0 Å². The monoisotopic (exact) mass is 291 g/mol. The normalized spacial score (nSPS) is 10.5. The van der Waals surface area contributed by atoms with Crippen LogP contribution >= 0.6 is 0 Å². The van der Waals surface area contributed by atoms with E-state index in [9.17, 15) is 4.79 Å². The second-order valence-corrected chi connectivity index (χ2v) is 5.16. The number of aryl methyl sites for hydroxylation is 1. The maximum atomic E-state index is 12.6. The first kappa shape index (κ1) is 14.1. The minimum Gasteiger partial charge on any atom is -0.288 e. The first-order valence-corrected chi connectivity index (χ1v) is 7.11. The molecule has 22 heavy (non-hydrogen) atoms. The highest BCUT2D eigenvalue weighted by atomic mass is 16.2. The van der Waals surface area contributed by atoms with Crippen LogP contribution in [-0.4, -0.2) is 17.9 Å². The van der Waals surface area contributed by atoms with E-state index in [0.717, 1.165) is 22.3 Å². The molecule has 110 valence electrons. The average Bonchev–Trinajstić information content (AvgIpc) is 2.54. The van der Waals surface area contributed by atoms with Crippen LogP contribution in [0, 0.1) is 6.92 Å². The Bertz CT molecular complexity index is 815. The topological polar surface area (TPSA) is 45.2 Å². The van der Waals surface area contributed by atoms with Gasteiger partial charge in [0.1, 0.15) is 0 Å². The molecule has 2 aromatic carbocycles. The predicted molar refractivity (Wildman–Crippen MR) is 88.8 cm³/mol. The summed E-state index contributed by atoms with van der Waals surface area (Å²) in [6, 6.07) is 19.2. The van der Waals surface area contributed by atoms with Gasteiger partial charge in [0.05, 0.1) is 16.8 Å². The van der Waals surface area contributed by atoms with Gasteiger partial charge in [-0.15, -0.1) is 0 Å². The van der Waals surface area contributed by atoms with Gasteiger partial charge < -0.3 is 0 Å². The van der Waals surface area contributed by atoms with E-state index in [1.807, 2.05) is 74.6 Å². The maximum absolute atomic E-state index is 12.6. The van der Waals surface area contributed by atoms with Crippen molar-refractivity contribution in [2.75, 3.05) is 12.1 Å². The molecule has 3 aromatic rings. The zero-order chi connectivity index (χ0) is 15.5. The van der Waals surface area contributed by atoms with Gasteiger partial charge in [-0.25, -0.2) is 0 Å². The number of hydrazine groups is 1. The molecule has 1 heterocycles. The summed E-state index contributed by atoms with van der Waals surface area (Å²) in [4.78, 5) is 17.1. The van der Waals surface area contributed by atoms with Crippen molar-refractivity contribution in [1.82, 2.24) is 10.4 Å². The van der Waals surface area contributed by atoms with Crippen molar-refractivity contribution in [3.63, 3.8) is 0 Å². The van der Waals surface area contributed by atoms with Crippen LogP contribution in [0.1, 0.15) is 16.1 Å². The molecule has 0 bridgehead atoms. The van der Waals surface area contributed by atoms with Gasteiger partial charge in [0, 0.05) is 18.1 Å². The Hall–Kier alpha value is -2.88. The number of carbonyl (C=O) groups is 1. The van der Waals surface area contributed by atoms with Crippen LogP contribution in [0.2, 0.25) is 0 Å². The van der Waals surface area contributed by atoms with Crippen molar-refractivity contribution < 1.29 is 4.79 Å². The van der Waals surface area contributed by atoms with Gasteiger partial charge >= 0.3 is 0 Å². The molecule has 0 radical (unpaired) electrons. The zero-order valence-corrected chi connectivity index (χ0v) is 12.6. The van der Waals surface area contributed by atoms with Gasteiger partial charge in [0.2, 0.25) is 0 Å². The molecule has 0 atom stereocenters. The number of nitrogens with one attached hydrogen (secondary N) is 1.